The predicted molar refractivity (Wildman–Crippen MR) is 49.9 cm³/mol. The Morgan fingerprint density at radius 2 is 2.08 bits per heavy atom. The zero-order chi connectivity index (χ0) is 8.81. The Hall–Kier alpha value is -0.820. The molecule has 12 heavy (non-hydrogen) atoms. The van der Waals surface area contributed by atoms with E-state index in [1.54, 1.807) is 0 Å². The Morgan fingerprint density at radius 3 is 2.67 bits per heavy atom. The molecule has 1 heteroatoms. The molecule has 0 aliphatic heterocycles. The van der Waals surface area contributed by atoms with Crippen LogP contribution < -0.4 is 0 Å². The van der Waals surface area contributed by atoms with Gasteiger partial charge in [-0.25, -0.2) is 0 Å². The summed E-state index contributed by atoms with van der Waals surface area (Å²) in [5.74, 6) is 0. The van der Waals surface area contributed by atoms with Gasteiger partial charge in [0.25, 0.3) is 0 Å². The Kier molecular flexibility index (Phi) is 3.81. The molecule has 1 nitrogen and oxygen atoms in total. The highest BCUT2D eigenvalue weighted by Gasteiger charge is 2.02. The largest absolute Gasteiger partial charge is 0.374 e. The molecule has 0 aliphatic carbocycles. The summed E-state index contributed by atoms with van der Waals surface area (Å²) in [4.78, 5) is 0. The van der Waals surface area contributed by atoms with Gasteiger partial charge in [0, 0.05) is 6.61 Å². The van der Waals surface area contributed by atoms with Crippen molar-refractivity contribution in [1.82, 2.24) is 0 Å². The van der Waals surface area contributed by atoms with Crippen LogP contribution in [0.2, 0.25) is 0 Å². The second-order valence-electron chi connectivity index (χ2n) is 2.85. The van der Waals surface area contributed by atoms with Crippen molar-refractivity contribution >= 4 is 0 Å². The molecule has 65 valence electrons. The van der Waals surface area contributed by atoms with Crippen LogP contribution in [0.4, 0.5) is 0 Å². The average molecular weight is 163 g/mol. The summed E-state index contributed by atoms with van der Waals surface area (Å²) < 4.78 is 5.56. The molecule has 1 atom stereocenters. The number of benzene rings is 1. The second kappa shape index (κ2) is 4.94. The lowest BCUT2D eigenvalue weighted by molar-refractivity contribution is 0.0663. The van der Waals surface area contributed by atoms with Crippen LogP contribution in [0.1, 0.15) is 31.9 Å². The third kappa shape index (κ3) is 2.67. The van der Waals surface area contributed by atoms with Gasteiger partial charge in [0.15, 0.2) is 0 Å². The van der Waals surface area contributed by atoms with E-state index in [4.69, 9.17) is 4.74 Å². The number of ether oxygens (including phenoxy) is 1. The van der Waals surface area contributed by atoms with Crippen LogP contribution >= 0.6 is 0 Å². The maximum absolute atomic E-state index is 5.56. The maximum atomic E-state index is 5.56. The summed E-state index contributed by atoms with van der Waals surface area (Å²) in [6.07, 6.45) is 1.28. The van der Waals surface area contributed by atoms with Gasteiger partial charge in [-0.3, -0.25) is 0 Å². The van der Waals surface area contributed by atoms with E-state index in [2.05, 4.69) is 19.9 Å². The van der Waals surface area contributed by atoms with E-state index in [9.17, 15) is 0 Å². The first-order valence-corrected chi connectivity index (χ1v) is 4.42. The molecule has 1 radical (unpaired) electrons. The Balaban J connectivity index is 2.48. The van der Waals surface area contributed by atoms with Crippen LogP contribution in [0.5, 0.6) is 0 Å². The fraction of sp³-hybridized carbons (Fsp3) is 0.455. The lowest BCUT2D eigenvalue weighted by Gasteiger charge is -2.11. The summed E-state index contributed by atoms with van der Waals surface area (Å²) in [7, 11) is 0. The normalized spacial score (nSPS) is 12.8. The van der Waals surface area contributed by atoms with E-state index >= 15 is 0 Å². The SMILES string of the molecule is CCCOC(C)c1cc[c]cc1. The standard InChI is InChI=1S/C11H15O/c1-3-9-12-10(2)11-7-5-4-6-8-11/h5-8,10H,3,9H2,1-2H3. The van der Waals surface area contributed by atoms with E-state index in [0.717, 1.165) is 13.0 Å². The highest BCUT2D eigenvalue weighted by atomic mass is 16.5. The van der Waals surface area contributed by atoms with Gasteiger partial charge in [0.1, 0.15) is 0 Å². The van der Waals surface area contributed by atoms with Crippen molar-refractivity contribution in [3.05, 3.63) is 35.9 Å². The average Bonchev–Trinajstić information content (AvgIpc) is 2.15. The van der Waals surface area contributed by atoms with Gasteiger partial charge < -0.3 is 4.74 Å². The fourth-order valence-corrected chi connectivity index (χ4v) is 1.06. The van der Waals surface area contributed by atoms with Crippen LogP contribution in [0, 0.1) is 6.07 Å². The Morgan fingerprint density at radius 1 is 1.42 bits per heavy atom. The molecule has 0 saturated heterocycles. The van der Waals surface area contributed by atoms with Crippen molar-refractivity contribution in [3.63, 3.8) is 0 Å². The molecule has 0 bridgehead atoms. The molecule has 0 N–H and O–H groups in total. The number of hydrogen-bond donors (Lipinski definition) is 0. The highest BCUT2D eigenvalue weighted by molar-refractivity contribution is 5.15. The molecule has 0 heterocycles. The maximum Gasteiger partial charge on any atom is 0.0796 e. The lowest BCUT2D eigenvalue weighted by atomic mass is 10.1. The lowest BCUT2D eigenvalue weighted by Crippen LogP contribution is -2.00. The smallest absolute Gasteiger partial charge is 0.0796 e. The zero-order valence-corrected chi connectivity index (χ0v) is 7.71. The molecule has 0 fully saturated rings. The summed E-state index contributed by atoms with van der Waals surface area (Å²) in [5.41, 5.74) is 1.22. The molecule has 0 amide bonds. The first-order chi connectivity index (χ1) is 5.84. The third-order valence-electron chi connectivity index (χ3n) is 1.79. The molecule has 1 aromatic carbocycles. The van der Waals surface area contributed by atoms with Gasteiger partial charge >= 0.3 is 0 Å². The third-order valence-corrected chi connectivity index (χ3v) is 1.79. The van der Waals surface area contributed by atoms with Crippen molar-refractivity contribution in [2.45, 2.75) is 26.4 Å². The van der Waals surface area contributed by atoms with Crippen molar-refractivity contribution < 1.29 is 4.74 Å². The van der Waals surface area contributed by atoms with Crippen molar-refractivity contribution in [2.75, 3.05) is 6.61 Å². The van der Waals surface area contributed by atoms with Gasteiger partial charge in [-0.05, 0) is 25.0 Å². The summed E-state index contributed by atoms with van der Waals surface area (Å²) in [5, 5.41) is 0. The van der Waals surface area contributed by atoms with Crippen molar-refractivity contribution in [3.8, 4) is 0 Å². The first-order valence-electron chi connectivity index (χ1n) is 4.42. The monoisotopic (exact) mass is 163 g/mol. The van der Waals surface area contributed by atoms with Crippen LogP contribution in [0.25, 0.3) is 0 Å². The molecule has 0 spiro atoms. The topological polar surface area (TPSA) is 9.23 Å². The molecule has 1 rings (SSSR count). The van der Waals surface area contributed by atoms with E-state index in [-0.39, 0.29) is 6.10 Å². The fourth-order valence-electron chi connectivity index (χ4n) is 1.06. The van der Waals surface area contributed by atoms with Gasteiger partial charge in [0.05, 0.1) is 6.10 Å². The van der Waals surface area contributed by atoms with Crippen molar-refractivity contribution in [1.29, 1.82) is 0 Å². The predicted octanol–water partition coefficient (Wildman–Crippen LogP) is 2.97. The molecule has 0 aromatic heterocycles. The number of hydrogen-bond acceptors (Lipinski definition) is 1. The van der Waals surface area contributed by atoms with Gasteiger partial charge in [0.2, 0.25) is 0 Å². The molecule has 1 aromatic rings. The quantitative estimate of drug-likeness (QED) is 0.663. The van der Waals surface area contributed by atoms with E-state index in [1.807, 2.05) is 24.3 Å². The Bertz CT molecular complexity index is 206. The first kappa shape index (κ1) is 9.27. The molecule has 0 saturated carbocycles. The van der Waals surface area contributed by atoms with Gasteiger partial charge in [-0.15, -0.1) is 0 Å². The number of rotatable bonds is 4. The summed E-state index contributed by atoms with van der Waals surface area (Å²) >= 11 is 0. The van der Waals surface area contributed by atoms with Crippen LogP contribution in [-0.2, 0) is 4.74 Å². The molecular formula is C11H15O. The van der Waals surface area contributed by atoms with Gasteiger partial charge in [-0.1, -0.05) is 31.2 Å². The minimum atomic E-state index is 0.208. The van der Waals surface area contributed by atoms with E-state index in [1.165, 1.54) is 5.56 Å². The van der Waals surface area contributed by atoms with Crippen molar-refractivity contribution in [2.24, 2.45) is 0 Å². The van der Waals surface area contributed by atoms with Crippen LogP contribution in [0.15, 0.2) is 24.3 Å². The minimum Gasteiger partial charge on any atom is -0.374 e. The van der Waals surface area contributed by atoms with E-state index < -0.39 is 0 Å². The summed E-state index contributed by atoms with van der Waals surface area (Å²) in [6, 6.07) is 10.9. The minimum absolute atomic E-state index is 0.208. The van der Waals surface area contributed by atoms with Gasteiger partial charge in [-0.2, -0.15) is 0 Å². The molecular weight excluding hydrogens is 148 g/mol. The highest BCUT2D eigenvalue weighted by Crippen LogP contribution is 2.15. The Labute approximate surface area is 74.4 Å². The second-order valence-corrected chi connectivity index (χ2v) is 2.85. The van der Waals surface area contributed by atoms with E-state index in [0.29, 0.717) is 0 Å². The van der Waals surface area contributed by atoms with Crippen LogP contribution in [0.3, 0.4) is 0 Å². The van der Waals surface area contributed by atoms with Crippen LogP contribution in [-0.4, -0.2) is 6.61 Å². The molecule has 1 unspecified atom stereocenters. The summed E-state index contributed by atoms with van der Waals surface area (Å²) in [6.45, 7) is 5.02. The zero-order valence-electron chi connectivity index (χ0n) is 7.71. The molecule has 0 aliphatic rings.